The molecule has 0 atom stereocenters. The van der Waals surface area contributed by atoms with E-state index in [1.54, 1.807) is 23.1 Å². The number of piperazine rings is 1. The number of benzene rings is 3. The number of rotatable bonds is 6. The summed E-state index contributed by atoms with van der Waals surface area (Å²) < 4.78 is 25.4. The average Bonchev–Trinajstić information content (AvgIpc) is 3.39. The summed E-state index contributed by atoms with van der Waals surface area (Å²) in [6, 6.07) is 23.5. The van der Waals surface area contributed by atoms with Gasteiger partial charge in [0.2, 0.25) is 5.82 Å². The maximum absolute atomic E-state index is 14.1. The summed E-state index contributed by atoms with van der Waals surface area (Å²) in [4.78, 5) is 20.9. The summed E-state index contributed by atoms with van der Waals surface area (Å²) in [7, 11) is 0. The Morgan fingerprint density at radius 3 is 2.41 bits per heavy atom. The molecule has 1 aliphatic rings. The van der Waals surface area contributed by atoms with E-state index < -0.39 is 0 Å². The smallest absolute Gasteiger partial charge is 0.262 e. The predicted molar refractivity (Wildman–Crippen MR) is 126 cm³/mol. The minimum Gasteiger partial charge on any atom is -0.483 e. The standard InChI is InChI=1S/C26H23FN4O3/c27-21-11-5-6-12-22(21)30-14-16-31(17-15-30)24(32)18-33-23-13-7-4-10-20(23)26-28-25(29-34-26)19-8-2-1-3-9-19/h1-13H,14-18H2. The maximum atomic E-state index is 14.1. The van der Waals surface area contributed by atoms with E-state index in [1.165, 1.54) is 6.07 Å². The Hall–Kier alpha value is -4.20. The predicted octanol–water partition coefficient (Wildman–Crippen LogP) is 4.27. The Kier molecular flexibility index (Phi) is 6.20. The van der Waals surface area contributed by atoms with E-state index in [2.05, 4.69) is 10.1 Å². The van der Waals surface area contributed by atoms with Crippen LogP contribution in [0.4, 0.5) is 10.1 Å². The molecule has 0 bridgehead atoms. The van der Waals surface area contributed by atoms with E-state index in [-0.39, 0.29) is 18.3 Å². The molecule has 3 aromatic carbocycles. The lowest BCUT2D eigenvalue weighted by Crippen LogP contribution is -2.50. The molecule has 0 unspecified atom stereocenters. The lowest BCUT2D eigenvalue weighted by molar-refractivity contribution is -0.133. The van der Waals surface area contributed by atoms with Crippen LogP contribution in [0.15, 0.2) is 83.4 Å². The van der Waals surface area contributed by atoms with Gasteiger partial charge in [-0.15, -0.1) is 0 Å². The van der Waals surface area contributed by atoms with Crippen molar-refractivity contribution in [2.75, 3.05) is 37.7 Å². The van der Waals surface area contributed by atoms with E-state index in [0.717, 1.165) is 5.56 Å². The first-order valence-electron chi connectivity index (χ1n) is 11.1. The van der Waals surface area contributed by atoms with Crippen LogP contribution in [0.25, 0.3) is 22.8 Å². The zero-order valence-electron chi connectivity index (χ0n) is 18.4. The summed E-state index contributed by atoms with van der Waals surface area (Å²) in [5.41, 5.74) is 2.03. The van der Waals surface area contributed by atoms with Crippen LogP contribution in [0.5, 0.6) is 5.75 Å². The van der Waals surface area contributed by atoms with Crippen LogP contribution in [0.3, 0.4) is 0 Å². The zero-order chi connectivity index (χ0) is 23.3. The van der Waals surface area contributed by atoms with Crippen LogP contribution in [-0.2, 0) is 4.79 Å². The SMILES string of the molecule is O=C(COc1ccccc1-c1nc(-c2ccccc2)no1)N1CCN(c2ccccc2F)CC1. The van der Waals surface area contributed by atoms with Crippen molar-refractivity contribution in [2.24, 2.45) is 0 Å². The number of amides is 1. The van der Waals surface area contributed by atoms with Gasteiger partial charge in [0.05, 0.1) is 11.3 Å². The monoisotopic (exact) mass is 458 g/mol. The van der Waals surface area contributed by atoms with Gasteiger partial charge in [0.25, 0.3) is 11.8 Å². The number of anilines is 1. The number of hydrogen-bond acceptors (Lipinski definition) is 6. The van der Waals surface area contributed by atoms with Crippen LogP contribution in [-0.4, -0.2) is 53.7 Å². The second kappa shape index (κ2) is 9.74. The molecule has 0 spiro atoms. The Morgan fingerprint density at radius 2 is 1.62 bits per heavy atom. The number of carbonyl (C=O) groups is 1. The van der Waals surface area contributed by atoms with Crippen LogP contribution in [0.2, 0.25) is 0 Å². The third-order valence-corrected chi connectivity index (χ3v) is 5.75. The molecule has 8 heteroatoms. The van der Waals surface area contributed by atoms with E-state index in [0.29, 0.717) is 54.9 Å². The van der Waals surface area contributed by atoms with Crippen LogP contribution in [0, 0.1) is 5.82 Å². The summed E-state index contributed by atoms with van der Waals surface area (Å²) in [5.74, 6) is 0.913. The number of halogens is 1. The topological polar surface area (TPSA) is 71.7 Å². The van der Waals surface area contributed by atoms with Gasteiger partial charge in [0.1, 0.15) is 11.6 Å². The van der Waals surface area contributed by atoms with Gasteiger partial charge >= 0.3 is 0 Å². The van der Waals surface area contributed by atoms with Gasteiger partial charge in [-0.3, -0.25) is 4.79 Å². The van der Waals surface area contributed by atoms with Crippen molar-refractivity contribution in [3.05, 3.63) is 84.7 Å². The fourth-order valence-corrected chi connectivity index (χ4v) is 3.94. The minimum atomic E-state index is -0.251. The number of hydrogen-bond donors (Lipinski definition) is 0. The van der Waals surface area contributed by atoms with Crippen molar-refractivity contribution in [2.45, 2.75) is 0 Å². The number of carbonyl (C=O) groups excluding carboxylic acids is 1. The van der Waals surface area contributed by atoms with Gasteiger partial charge in [-0.25, -0.2) is 4.39 Å². The van der Waals surface area contributed by atoms with Crippen molar-refractivity contribution >= 4 is 11.6 Å². The largest absolute Gasteiger partial charge is 0.483 e. The van der Waals surface area contributed by atoms with E-state index >= 15 is 0 Å². The third kappa shape index (κ3) is 4.61. The minimum absolute atomic E-state index is 0.115. The molecule has 1 amide bonds. The third-order valence-electron chi connectivity index (χ3n) is 5.75. The van der Waals surface area contributed by atoms with Crippen molar-refractivity contribution < 1.29 is 18.4 Å². The van der Waals surface area contributed by atoms with E-state index in [1.807, 2.05) is 59.5 Å². The number of nitrogens with zero attached hydrogens (tertiary/aromatic N) is 4. The number of para-hydroxylation sites is 2. The molecule has 0 N–H and O–H groups in total. The van der Waals surface area contributed by atoms with Crippen LogP contribution < -0.4 is 9.64 Å². The molecule has 1 aliphatic heterocycles. The summed E-state index contributed by atoms with van der Waals surface area (Å²) in [6.07, 6.45) is 0. The van der Waals surface area contributed by atoms with Crippen molar-refractivity contribution in [3.8, 4) is 28.6 Å². The highest BCUT2D eigenvalue weighted by Crippen LogP contribution is 2.30. The average molecular weight is 458 g/mol. The van der Waals surface area contributed by atoms with Gasteiger partial charge in [-0.05, 0) is 24.3 Å². The molecule has 34 heavy (non-hydrogen) atoms. The number of aromatic nitrogens is 2. The summed E-state index contributed by atoms with van der Waals surface area (Å²) in [6.45, 7) is 2.02. The maximum Gasteiger partial charge on any atom is 0.262 e. The van der Waals surface area contributed by atoms with E-state index in [4.69, 9.17) is 9.26 Å². The van der Waals surface area contributed by atoms with Crippen molar-refractivity contribution in [1.82, 2.24) is 15.0 Å². The van der Waals surface area contributed by atoms with Gasteiger partial charge < -0.3 is 19.1 Å². The quantitative estimate of drug-likeness (QED) is 0.430. The molecule has 1 saturated heterocycles. The molecule has 0 saturated carbocycles. The normalized spacial score (nSPS) is 13.7. The van der Waals surface area contributed by atoms with Crippen molar-refractivity contribution in [3.63, 3.8) is 0 Å². The molecule has 7 nitrogen and oxygen atoms in total. The fraction of sp³-hybridized carbons (Fsp3) is 0.192. The lowest BCUT2D eigenvalue weighted by atomic mass is 10.2. The Balaban J connectivity index is 1.22. The molecule has 1 fully saturated rings. The van der Waals surface area contributed by atoms with Gasteiger partial charge in [-0.1, -0.05) is 59.8 Å². The Bertz CT molecular complexity index is 1270. The molecule has 1 aromatic heterocycles. The summed E-state index contributed by atoms with van der Waals surface area (Å²) >= 11 is 0. The second-order valence-corrected chi connectivity index (χ2v) is 7.89. The highest BCUT2D eigenvalue weighted by Gasteiger charge is 2.23. The molecule has 0 aliphatic carbocycles. The molecule has 4 aromatic rings. The Morgan fingerprint density at radius 1 is 0.912 bits per heavy atom. The first-order chi connectivity index (χ1) is 16.7. The molecule has 172 valence electrons. The molecule has 0 radical (unpaired) electrons. The van der Waals surface area contributed by atoms with Gasteiger partial charge in [-0.2, -0.15) is 4.98 Å². The Labute approximate surface area is 196 Å². The molecule has 2 heterocycles. The fourth-order valence-electron chi connectivity index (χ4n) is 3.94. The van der Waals surface area contributed by atoms with E-state index in [9.17, 15) is 9.18 Å². The highest BCUT2D eigenvalue weighted by atomic mass is 19.1. The van der Waals surface area contributed by atoms with Gasteiger partial charge in [0.15, 0.2) is 6.61 Å². The highest BCUT2D eigenvalue weighted by molar-refractivity contribution is 5.78. The first kappa shape index (κ1) is 21.6. The second-order valence-electron chi connectivity index (χ2n) is 7.89. The van der Waals surface area contributed by atoms with Crippen molar-refractivity contribution in [1.29, 1.82) is 0 Å². The van der Waals surface area contributed by atoms with Gasteiger partial charge in [0, 0.05) is 31.7 Å². The molecular weight excluding hydrogens is 435 g/mol. The first-order valence-corrected chi connectivity index (χ1v) is 11.1. The lowest BCUT2D eigenvalue weighted by Gasteiger charge is -2.36. The summed E-state index contributed by atoms with van der Waals surface area (Å²) in [5, 5.41) is 4.06. The molecular formula is C26H23FN4O3. The zero-order valence-corrected chi connectivity index (χ0v) is 18.4. The number of ether oxygens (including phenoxy) is 1. The van der Waals surface area contributed by atoms with Crippen LogP contribution >= 0.6 is 0 Å². The van der Waals surface area contributed by atoms with Crippen LogP contribution in [0.1, 0.15) is 0 Å². The molecule has 5 rings (SSSR count).